The Labute approximate surface area is 231 Å². The summed E-state index contributed by atoms with van der Waals surface area (Å²) in [6.07, 6.45) is 0. The molecule has 2 nitrogen and oxygen atoms in total. The van der Waals surface area contributed by atoms with Crippen molar-refractivity contribution in [3.63, 3.8) is 0 Å². The van der Waals surface area contributed by atoms with E-state index in [1.165, 1.54) is 59.8 Å². The average Bonchev–Trinajstić information content (AvgIpc) is 3.12. The number of rotatable bonds is 2. The van der Waals surface area contributed by atoms with E-state index in [4.69, 9.17) is 9.31 Å². The Hall–Kier alpha value is -3.40. The van der Waals surface area contributed by atoms with E-state index in [2.05, 4.69) is 133 Å². The molecule has 6 aromatic carbocycles. The van der Waals surface area contributed by atoms with Gasteiger partial charge in [-0.1, -0.05) is 106 Å². The fraction of sp³-hybridized carbons (Fsp3) is 0.278. The SMILES string of the molecule is CC(C)(C)c1ccccc1-c1ccc2c3ccc(B4OC(C)(C)C(C)(C)O4)c4cccc(c5cccc1c52)c43. The molecule has 6 aromatic rings. The number of benzene rings is 6. The number of hydrogen-bond acceptors (Lipinski definition) is 2. The zero-order valence-electron chi connectivity index (χ0n) is 24.0. The Morgan fingerprint density at radius 2 is 1.03 bits per heavy atom. The summed E-state index contributed by atoms with van der Waals surface area (Å²) in [6, 6.07) is 31.5. The van der Waals surface area contributed by atoms with Crippen LogP contribution in [-0.2, 0) is 14.7 Å². The molecule has 3 heteroatoms. The van der Waals surface area contributed by atoms with Crippen LogP contribution in [0.2, 0.25) is 0 Å². The van der Waals surface area contributed by atoms with Crippen molar-refractivity contribution in [2.75, 3.05) is 0 Å². The molecule has 1 saturated heterocycles. The summed E-state index contributed by atoms with van der Waals surface area (Å²) in [4.78, 5) is 0. The summed E-state index contributed by atoms with van der Waals surface area (Å²) in [5.41, 5.74) is 4.37. The first kappa shape index (κ1) is 24.6. The molecule has 0 aliphatic carbocycles. The van der Waals surface area contributed by atoms with Gasteiger partial charge in [0, 0.05) is 0 Å². The molecule has 7 rings (SSSR count). The molecule has 0 radical (unpaired) electrons. The van der Waals surface area contributed by atoms with Crippen molar-refractivity contribution in [2.45, 2.75) is 65.1 Å². The van der Waals surface area contributed by atoms with Gasteiger partial charge in [-0.3, -0.25) is 0 Å². The molecule has 1 aliphatic rings. The van der Waals surface area contributed by atoms with E-state index in [-0.39, 0.29) is 16.6 Å². The average molecular weight is 510 g/mol. The molecular formula is C36H35BO2. The standard InChI is InChI=1S/C36H35BO2/c1-34(2,3)30-17-9-8-12-23(30)22-18-19-27-28-20-21-31(37-38-35(4,5)36(6,7)39-37)29-16-11-15-26(33(28)29)25-14-10-13-24(22)32(25)27/h8-21H,1-7H3. The van der Waals surface area contributed by atoms with Crippen molar-refractivity contribution in [3.8, 4) is 11.1 Å². The van der Waals surface area contributed by atoms with Gasteiger partial charge in [0.25, 0.3) is 0 Å². The zero-order valence-corrected chi connectivity index (χ0v) is 24.0. The molecule has 0 unspecified atom stereocenters. The molecule has 1 heterocycles. The van der Waals surface area contributed by atoms with Gasteiger partial charge in [0.05, 0.1) is 11.2 Å². The maximum absolute atomic E-state index is 6.50. The van der Waals surface area contributed by atoms with Gasteiger partial charge in [-0.25, -0.2) is 0 Å². The summed E-state index contributed by atoms with van der Waals surface area (Å²) >= 11 is 0. The number of fused-ring (bicyclic) bond motifs is 2. The fourth-order valence-electron chi connectivity index (χ4n) is 6.52. The van der Waals surface area contributed by atoms with Crippen LogP contribution in [0.5, 0.6) is 0 Å². The first-order chi connectivity index (χ1) is 18.5. The summed E-state index contributed by atoms with van der Waals surface area (Å²) in [5.74, 6) is 0. The second-order valence-electron chi connectivity index (χ2n) is 13.2. The third-order valence-electron chi connectivity index (χ3n) is 9.23. The van der Waals surface area contributed by atoms with Crippen molar-refractivity contribution in [3.05, 3.63) is 90.5 Å². The van der Waals surface area contributed by atoms with Crippen LogP contribution in [0.3, 0.4) is 0 Å². The molecule has 0 spiro atoms. The van der Waals surface area contributed by atoms with Crippen molar-refractivity contribution in [1.82, 2.24) is 0 Å². The zero-order chi connectivity index (χ0) is 27.3. The molecule has 0 amide bonds. The van der Waals surface area contributed by atoms with E-state index in [0.717, 1.165) is 5.46 Å². The van der Waals surface area contributed by atoms with Gasteiger partial charge in [0.1, 0.15) is 0 Å². The maximum Gasteiger partial charge on any atom is 0.495 e. The van der Waals surface area contributed by atoms with E-state index in [0.29, 0.717) is 0 Å². The van der Waals surface area contributed by atoms with E-state index in [9.17, 15) is 0 Å². The van der Waals surface area contributed by atoms with Crippen LogP contribution in [0.1, 0.15) is 54.0 Å². The Morgan fingerprint density at radius 1 is 0.513 bits per heavy atom. The van der Waals surface area contributed by atoms with Crippen LogP contribution in [0, 0.1) is 0 Å². The first-order valence-electron chi connectivity index (χ1n) is 14.1. The highest BCUT2D eigenvalue weighted by molar-refractivity contribution is 6.66. The minimum Gasteiger partial charge on any atom is -0.399 e. The van der Waals surface area contributed by atoms with Gasteiger partial charge in [-0.15, -0.1) is 0 Å². The smallest absolute Gasteiger partial charge is 0.399 e. The van der Waals surface area contributed by atoms with Crippen LogP contribution < -0.4 is 5.46 Å². The van der Waals surface area contributed by atoms with Crippen LogP contribution in [0.25, 0.3) is 54.2 Å². The van der Waals surface area contributed by atoms with Crippen LogP contribution in [0.15, 0.2) is 84.9 Å². The monoisotopic (exact) mass is 510 g/mol. The van der Waals surface area contributed by atoms with Crippen molar-refractivity contribution < 1.29 is 9.31 Å². The topological polar surface area (TPSA) is 18.5 Å². The van der Waals surface area contributed by atoms with Crippen molar-refractivity contribution in [1.29, 1.82) is 0 Å². The molecule has 1 aliphatic heterocycles. The van der Waals surface area contributed by atoms with E-state index < -0.39 is 7.12 Å². The summed E-state index contributed by atoms with van der Waals surface area (Å²) in [6.45, 7) is 15.4. The Morgan fingerprint density at radius 3 is 1.67 bits per heavy atom. The fourth-order valence-corrected chi connectivity index (χ4v) is 6.52. The Kier molecular flexibility index (Phi) is 5.09. The van der Waals surface area contributed by atoms with Gasteiger partial charge >= 0.3 is 7.12 Å². The third kappa shape index (κ3) is 3.49. The minimum absolute atomic E-state index is 0.0539. The third-order valence-corrected chi connectivity index (χ3v) is 9.23. The van der Waals surface area contributed by atoms with Gasteiger partial charge in [0.15, 0.2) is 0 Å². The normalized spacial score (nSPS) is 17.3. The lowest BCUT2D eigenvalue weighted by Crippen LogP contribution is -2.41. The predicted molar refractivity (Wildman–Crippen MR) is 168 cm³/mol. The van der Waals surface area contributed by atoms with Gasteiger partial charge in [0.2, 0.25) is 0 Å². The lowest BCUT2D eigenvalue weighted by molar-refractivity contribution is 0.00578. The van der Waals surface area contributed by atoms with Crippen LogP contribution >= 0.6 is 0 Å². The molecule has 0 bridgehead atoms. The predicted octanol–water partition coefficient (Wildman–Crippen LogP) is 9.00. The van der Waals surface area contributed by atoms with Crippen LogP contribution in [-0.4, -0.2) is 18.3 Å². The second-order valence-corrected chi connectivity index (χ2v) is 13.2. The molecule has 0 atom stereocenters. The molecule has 0 aromatic heterocycles. The molecular weight excluding hydrogens is 475 g/mol. The molecule has 0 N–H and O–H groups in total. The second kappa shape index (κ2) is 8.07. The summed E-state index contributed by atoms with van der Waals surface area (Å²) < 4.78 is 13.0. The Balaban J connectivity index is 1.53. The highest BCUT2D eigenvalue weighted by Gasteiger charge is 2.52. The van der Waals surface area contributed by atoms with Gasteiger partial charge in [-0.05, 0) is 98.4 Å². The molecule has 0 saturated carbocycles. The first-order valence-corrected chi connectivity index (χ1v) is 14.1. The van der Waals surface area contributed by atoms with Crippen molar-refractivity contribution >= 4 is 55.7 Å². The minimum atomic E-state index is -0.396. The van der Waals surface area contributed by atoms with Crippen LogP contribution in [0.4, 0.5) is 0 Å². The molecule has 39 heavy (non-hydrogen) atoms. The quantitative estimate of drug-likeness (QED) is 0.131. The highest BCUT2D eigenvalue weighted by Crippen LogP contribution is 2.45. The largest absolute Gasteiger partial charge is 0.495 e. The van der Waals surface area contributed by atoms with E-state index >= 15 is 0 Å². The van der Waals surface area contributed by atoms with Crippen molar-refractivity contribution in [2.24, 2.45) is 0 Å². The van der Waals surface area contributed by atoms with Gasteiger partial charge < -0.3 is 9.31 Å². The summed E-state index contributed by atoms with van der Waals surface area (Å²) in [7, 11) is -0.396. The molecule has 1 fully saturated rings. The summed E-state index contributed by atoms with van der Waals surface area (Å²) in [5, 5.41) is 10.3. The Bertz CT molecular complexity index is 1870. The molecule has 194 valence electrons. The van der Waals surface area contributed by atoms with E-state index in [1.54, 1.807) is 0 Å². The van der Waals surface area contributed by atoms with E-state index in [1.807, 2.05) is 0 Å². The number of hydrogen-bond donors (Lipinski definition) is 0. The lowest BCUT2D eigenvalue weighted by atomic mass is 9.74. The highest BCUT2D eigenvalue weighted by atomic mass is 16.7. The van der Waals surface area contributed by atoms with Gasteiger partial charge in [-0.2, -0.15) is 0 Å². The maximum atomic E-state index is 6.50. The lowest BCUT2D eigenvalue weighted by Gasteiger charge is -2.32.